The molecule has 0 bridgehead atoms. The Bertz CT molecular complexity index is 1290. The summed E-state index contributed by atoms with van der Waals surface area (Å²) in [6.45, 7) is -0.00667. The van der Waals surface area contributed by atoms with Crippen molar-refractivity contribution in [2.75, 3.05) is 33.3 Å². The highest BCUT2D eigenvalue weighted by molar-refractivity contribution is 5.94. The number of methoxy groups -OCH3 is 1. The van der Waals surface area contributed by atoms with Crippen LogP contribution in [0.2, 0.25) is 0 Å². The molecule has 6 rings (SSSR count). The molecule has 0 radical (unpaired) electrons. The Hall–Kier alpha value is -3.19. The van der Waals surface area contributed by atoms with Gasteiger partial charge in [-0.3, -0.25) is 19.6 Å². The highest BCUT2D eigenvalue weighted by Gasteiger charge is 2.56. The van der Waals surface area contributed by atoms with Gasteiger partial charge in [0, 0.05) is 42.7 Å². The monoisotopic (exact) mass is 548 g/mol. The number of piperidine rings is 1. The quantitative estimate of drug-likeness (QED) is 0.483. The smallest absolute Gasteiger partial charge is 0.281 e. The van der Waals surface area contributed by atoms with E-state index in [1.54, 1.807) is 4.90 Å². The van der Waals surface area contributed by atoms with Gasteiger partial charge in [-0.2, -0.15) is 5.10 Å². The summed E-state index contributed by atoms with van der Waals surface area (Å²) >= 11 is 0. The number of ether oxygens (including phenoxy) is 1. The Kier molecular flexibility index (Phi) is 6.14. The minimum Gasteiger partial charge on any atom is -0.481 e. The Balaban J connectivity index is 1.09. The fourth-order valence-corrected chi connectivity index (χ4v) is 5.94. The molecular formula is C26H31F3N6O4. The average molecular weight is 549 g/mol. The second-order valence-electron chi connectivity index (χ2n) is 11.5. The first-order valence-corrected chi connectivity index (χ1v) is 13.2. The van der Waals surface area contributed by atoms with Crippen molar-refractivity contribution in [3.63, 3.8) is 0 Å². The van der Waals surface area contributed by atoms with Crippen LogP contribution in [0.1, 0.15) is 49.0 Å². The largest absolute Gasteiger partial charge is 0.481 e. The molecule has 13 heteroatoms. The van der Waals surface area contributed by atoms with Gasteiger partial charge >= 0.3 is 0 Å². The van der Waals surface area contributed by atoms with Crippen molar-refractivity contribution in [2.24, 2.45) is 5.92 Å². The van der Waals surface area contributed by atoms with E-state index in [0.29, 0.717) is 45.1 Å². The molecule has 1 spiro atoms. The number of nitrogens with zero attached hydrogens (tertiary/aromatic N) is 4. The van der Waals surface area contributed by atoms with Crippen LogP contribution >= 0.6 is 0 Å². The number of hydrogen-bond donors (Lipinski definition) is 3. The molecule has 3 N–H and O–H groups in total. The predicted octanol–water partition coefficient (Wildman–Crippen LogP) is 1.96. The van der Waals surface area contributed by atoms with Gasteiger partial charge in [0.15, 0.2) is 5.82 Å². The van der Waals surface area contributed by atoms with Crippen molar-refractivity contribution in [3.8, 4) is 17.1 Å². The summed E-state index contributed by atoms with van der Waals surface area (Å²) in [5.41, 5.74) is -0.815. The molecule has 39 heavy (non-hydrogen) atoms. The van der Waals surface area contributed by atoms with E-state index in [2.05, 4.69) is 20.5 Å². The number of alkyl halides is 2. The first kappa shape index (κ1) is 26.1. The fourth-order valence-electron chi connectivity index (χ4n) is 5.94. The number of rotatable bonds is 7. The third kappa shape index (κ3) is 4.97. The number of H-pyrrole nitrogens is 1. The molecule has 4 heterocycles. The standard InChI is InChI=1S/C26H31F3N6O4/c1-39-21-8-16(17(27)11-30-21)18-9-19(33-32-18)23(37)35-7-2-15(10-24(35)3-4-24)22(36)31-20-12-34(14-26(20,28)29)13-25(38)5-6-25/h8-9,11,15,20,38H,2-7,10,12-14H2,1H3,(H,31,36)(H,32,33)/t15-,20+/m0/s1. The molecule has 2 aromatic heterocycles. The van der Waals surface area contributed by atoms with E-state index in [1.807, 2.05) is 0 Å². The number of aromatic nitrogens is 3. The maximum absolute atomic E-state index is 14.7. The van der Waals surface area contributed by atoms with Gasteiger partial charge in [-0.1, -0.05) is 0 Å². The summed E-state index contributed by atoms with van der Waals surface area (Å²) in [6.07, 6.45) is 4.41. The van der Waals surface area contributed by atoms with Gasteiger partial charge in [0.2, 0.25) is 11.8 Å². The Morgan fingerprint density at radius 1 is 1.26 bits per heavy atom. The van der Waals surface area contributed by atoms with Crippen LogP contribution in [-0.2, 0) is 4.79 Å². The van der Waals surface area contributed by atoms with E-state index >= 15 is 0 Å². The molecule has 210 valence electrons. The number of aromatic amines is 1. The molecule has 2 aliphatic carbocycles. The lowest BCUT2D eigenvalue weighted by molar-refractivity contribution is -0.130. The first-order chi connectivity index (χ1) is 18.5. The number of nitrogens with one attached hydrogen (secondary N) is 2. The number of amides is 2. The maximum atomic E-state index is 14.7. The van der Waals surface area contributed by atoms with Crippen molar-refractivity contribution >= 4 is 11.8 Å². The van der Waals surface area contributed by atoms with Crippen LogP contribution in [0.3, 0.4) is 0 Å². The minimum atomic E-state index is -3.08. The lowest BCUT2D eigenvalue weighted by Crippen LogP contribution is -2.54. The van der Waals surface area contributed by atoms with E-state index < -0.39 is 47.3 Å². The summed E-state index contributed by atoms with van der Waals surface area (Å²) in [4.78, 5) is 33.5. The minimum absolute atomic E-state index is 0.00434. The Morgan fingerprint density at radius 2 is 2.03 bits per heavy atom. The highest BCUT2D eigenvalue weighted by atomic mass is 19.3. The fraction of sp³-hybridized carbons (Fsp3) is 0.615. The van der Waals surface area contributed by atoms with Gasteiger partial charge in [0.25, 0.3) is 11.8 Å². The molecule has 2 saturated heterocycles. The Labute approximate surface area is 222 Å². The highest BCUT2D eigenvalue weighted by Crippen LogP contribution is 2.50. The summed E-state index contributed by atoms with van der Waals surface area (Å²) in [5.74, 6) is -4.68. The predicted molar refractivity (Wildman–Crippen MR) is 132 cm³/mol. The molecule has 2 saturated carbocycles. The molecule has 2 aliphatic heterocycles. The number of pyridine rings is 1. The number of β-amino-alcohol motifs (C(OH)–C–C–N with tert-alkyl or cyclic N) is 1. The van der Waals surface area contributed by atoms with Crippen LogP contribution in [-0.4, -0.2) is 98.3 Å². The first-order valence-electron chi connectivity index (χ1n) is 13.2. The third-order valence-electron chi connectivity index (χ3n) is 8.51. The molecule has 2 aromatic rings. The van der Waals surface area contributed by atoms with Gasteiger partial charge < -0.3 is 20.1 Å². The number of carbonyl (C=O) groups excluding carboxylic acids is 2. The van der Waals surface area contributed by atoms with Crippen LogP contribution in [0.4, 0.5) is 13.2 Å². The van der Waals surface area contributed by atoms with Gasteiger partial charge in [0.1, 0.15) is 11.7 Å². The van der Waals surface area contributed by atoms with Crippen LogP contribution in [0.15, 0.2) is 18.3 Å². The van der Waals surface area contributed by atoms with Crippen molar-refractivity contribution in [1.29, 1.82) is 0 Å². The van der Waals surface area contributed by atoms with Gasteiger partial charge in [-0.05, 0) is 44.6 Å². The van der Waals surface area contributed by atoms with Crippen molar-refractivity contribution in [2.45, 2.75) is 61.6 Å². The number of hydrogen-bond acceptors (Lipinski definition) is 7. The van der Waals surface area contributed by atoms with E-state index in [4.69, 9.17) is 4.74 Å². The molecule has 0 aromatic carbocycles. The van der Waals surface area contributed by atoms with Gasteiger partial charge in [-0.15, -0.1) is 0 Å². The summed E-state index contributed by atoms with van der Waals surface area (Å²) in [7, 11) is 1.41. The van der Waals surface area contributed by atoms with Gasteiger partial charge in [0.05, 0.1) is 31.1 Å². The zero-order valence-electron chi connectivity index (χ0n) is 21.6. The molecule has 2 atom stereocenters. The van der Waals surface area contributed by atoms with E-state index in [9.17, 15) is 27.9 Å². The van der Waals surface area contributed by atoms with E-state index in [1.165, 1.54) is 24.1 Å². The zero-order chi connectivity index (χ0) is 27.6. The van der Waals surface area contributed by atoms with Gasteiger partial charge in [-0.25, -0.2) is 18.2 Å². The summed E-state index contributed by atoms with van der Waals surface area (Å²) in [5, 5.41) is 19.5. The zero-order valence-corrected chi connectivity index (χ0v) is 21.6. The molecule has 4 fully saturated rings. The molecule has 10 nitrogen and oxygen atoms in total. The van der Waals surface area contributed by atoms with Crippen molar-refractivity contribution < 1.29 is 32.6 Å². The number of aliphatic hydroxyl groups is 1. The third-order valence-corrected chi connectivity index (χ3v) is 8.51. The molecular weight excluding hydrogens is 517 g/mol. The van der Waals surface area contributed by atoms with Crippen molar-refractivity contribution in [1.82, 2.24) is 30.3 Å². The SMILES string of the molecule is COc1cc(-c2cc(C(=O)N3CC[C@H](C(=O)N[C@@H]4CN(CC5(O)CC5)CC4(F)F)CC34CC4)[nH]n2)c(F)cn1. The molecule has 0 unspecified atom stereocenters. The Morgan fingerprint density at radius 3 is 2.72 bits per heavy atom. The normalized spacial score (nSPS) is 26.4. The van der Waals surface area contributed by atoms with E-state index in [0.717, 1.165) is 6.20 Å². The van der Waals surface area contributed by atoms with Crippen LogP contribution in [0.5, 0.6) is 5.88 Å². The van der Waals surface area contributed by atoms with E-state index in [-0.39, 0.29) is 41.8 Å². The topological polar surface area (TPSA) is 124 Å². The maximum Gasteiger partial charge on any atom is 0.281 e. The second kappa shape index (κ2) is 9.19. The lowest BCUT2D eigenvalue weighted by Gasteiger charge is -2.39. The van der Waals surface area contributed by atoms with Crippen molar-refractivity contribution in [3.05, 3.63) is 29.8 Å². The number of carbonyl (C=O) groups is 2. The number of halogens is 3. The molecule has 2 amide bonds. The second-order valence-corrected chi connectivity index (χ2v) is 11.5. The average Bonchev–Trinajstić information content (AvgIpc) is 3.73. The van der Waals surface area contributed by atoms with Crippen LogP contribution < -0.4 is 10.1 Å². The molecule has 4 aliphatic rings. The lowest BCUT2D eigenvalue weighted by atomic mass is 9.87. The van der Waals surface area contributed by atoms with Crippen LogP contribution in [0, 0.1) is 11.7 Å². The number of likely N-dealkylation sites (tertiary alicyclic amines) is 2. The summed E-state index contributed by atoms with van der Waals surface area (Å²) < 4.78 is 48.7. The summed E-state index contributed by atoms with van der Waals surface area (Å²) in [6, 6.07) is 1.56. The van der Waals surface area contributed by atoms with Crippen LogP contribution in [0.25, 0.3) is 11.3 Å².